The van der Waals surface area contributed by atoms with Crippen molar-refractivity contribution in [3.63, 3.8) is 0 Å². The molecule has 2 N–H and O–H groups in total. The van der Waals surface area contributed by atoms with Crippen LogP contribution in [0.25, 0.3) is 0 Å². The van der Waals surface area contributed by atoms with Crippen molar-refractivity contribution >= 4 is 15.7 Å². The highest BCUT2D eigenvalue weighted by molar-refractivity contribution is 7.91. The van der Waals surface area contributed by atoms with Gasteiger partial charge in [0, 0.05) is 11.0 Å². The Labute approximate surface area is 108 Å². The fraction of sp³-hybridized carbons (Fsp3) is 0.750. The van der Waals surface area contributed by atoms with E-state index in [2.05, 4.69) is 25.9 Å². The molecule has 1 aliphatic heterocycles. The van der Waals surface area contributed by atoms with Crippen LogP contribution in [-0.4, -0.2) is 29.7 Å². The zero-order valence-electron chi connectivity index (χ0n) is 11.4. The maximum atomic E-state index is 11.5. The predicted octanol–water partition coefficient (Wildman–Crippen LogP) is 1.43. The SMILES string of the molecule is Cc1c(C(C)(C)C)nn(C2CCS(=O)(=O)C2)c1N. The number of sulfone groups is 1. The molecule has 0 aromatic carbocycles. The first-order valence-corrected chi connectivity index (χ1v) is 7.99. The number of nitrogens with zero attached hydrogens (tertiary/aromatic N) is 2. The minimum Gasteiger partial charge on any atom is -0.384 e. The molecular formula is C12H21N3O2S. The average Bonchev–Trinajstić information content (AvgIpc) is 2.69. The van der Waals surface area contributed by atoms with Gasteiger partial charge in [0.15, 0.2) is 9.84 Å². The lowest BCUT2D eigenvalue weighted by molar-refractivity contribution is 0.479. The highest BCUT2D eigenvalue weighted by atomic mass is 32.2. The number of nitrogens with two attached hydrogens (primary N) is 1. The molecule has 2 rings (SSSR count). The highest BCUT2D eigenvalue weighted by Crippen LogP contribution is 2.32. The van der Waals surface area contributed by atoms with Crippen molar-refractivity contribution in [1.82, 2.24) is 9.78 Å². The van der Waals surface area contributed by atoms with Gasteiger partial charge in [0.1, 0.15) is 5.82 Å². The first kappa shape index (κ1) is 13.4. The minimum absolute atomic E-state index is 0.0824. The van der Waals surface area contributed by atoms with E-state index in [1.165, 1.54) is 0 Å². The van der Waals surface area contributed by atoms with Gasteiger partial charge in [0.2, 0.25) is 0 Å². The highest BCUT2D eigenvalue weighted by Gasteiger charge is 2.33. The Hall–Kier alpha value is -1.04. The largest absolute Gasteiger partial charge is 0.384 e. The molecule has 102 valence electrons. The van der Waals surface area contributed by atoms with E-state index in [1.807, 2.05) is 6.92 Å². The molecule has 0 aliphatic carbocycles. The fourth-order valence-electron chi connectivity index (χ4n) is 2.49. The number of hydrogen-bond acceptors (Lipinski definition) is 4. The Morgan fingerprint density at radius 1 is 1.39 bits per heavy atom. The monoisotopic (exact) mass is 271 g/mol. The third kappa shape index (κ3) is 2.25. The zero-order valence-corrected chi connectivity index (χ0v) is 12.2. The van der Waals surface area contributed by atoms with Crippen LogP contribution in [-0.2, 0) is 15.3 Å². The van der Waals surface area contributed by atoms with Crippen LogP contribution in [0.4, 0.5) is 5.82 Å². The molecule has 1 fully saturated rings. The van der Waals surface area contributed by atoms with Gasteiger partial charge in [-0.3, -0.25) is 0 Å². The molecule has 18 heavy (non-hydrogen) atoms. The molecule has 6 heteroatoms. The Morgan fingerprint density at radius 2 is 2.00 bits per heavy atom. The van der Waals surface area contributed by atoms with Gasteiger partial charge in [-0.1, -0.05) is 20.8 Å². The lowest BCUT2D eigenvalue weighted by Gasteiger charge is -2.16. The van der Waals surface area contributed by atoms with E-state index >= 15 is 0 Å². The van der Waals surface area contributed by atoms with E-state index in [0.29, 0.717) is 12.2 Å². The van der Waals surface area contributed by atoms with Gasteiger partial charge in [-0.2, -0.15) is 5.10 Å². The maximum Gasteiger partial charge on any atom is 0.152 e. The zero-order chi connectivity index (χ0) is 13.7. The fourth-order valence-corrected chi connectivity index (χ4v) is 4.18. The van der Waals surface area contributed by atoms with Crippen molar-refractivity contribution in [2.45, 2.75) is 45.6 Å². The van der Waals surface area contributed by atoms with Crippen LogP contribution in [0.1, 0.15) is 44.5 Å². The number of rotatable bonds is 1. The summed E-state index contributed by atoms with van der Waals surface area (Å²) < 4.78 is 24.8. The number of hydrogen-bond donors (Lipinski definition) is 1. The molecule has 0 radical (unpaired) electrons. The van der Waals surface area contributed by atoms with E-state index in [4.69, 9.17) is 5.73 Å². The van der Waals surface area contributed by atoms with E-state index in [9.17, 15) is 8.42 Å². The van der Waals surface area contributed by atoms with Crippen LogP contribution < -0.4 is 5.73 Å². The van der Waals surface area contributed by atoms with Gasteiger partial charge in [0.25, 0.3) is 0 Å². The van der Waals surface area contributed by atoms with Crippen molar-refractivity contribution in [2.24, 2.45) is 0 Å². The summed E-state index contributed by atoms with van der Waals surface area (Å²) in [4.78, 5) is 0. The van der Waals surface area contributed by atoms with Gasteiger partial charge in [0.05, 0.1) is 23.2 Å². The molecule has 5 nitrogen and oxygen atoms in total. The van der Waals surface area contributed by atoms with Gasteiger partial charge < -0.3 is 5.73 Å². The quantitative estimate of drug-likeness (QED) is 0.838. The maximum absolute atomic E-state index is 11.5. The Morgan fingerprint density at radius 3 is 2.39 bits per heavy atom. The molecule has 2 heterocycles. The van der Waals surface area contributed by atoms with Crippen LogP contribution in [0, 0.1) is 6.92 Å². The van der Waals surface area contributed by atoms with Crippen LogP contribution in [0.5, 0.6) is 0 Å². The summed E-state index contributed by atoms with van der Waals surface area (Å²) in [6.45, 7) is 8.19. The van der Waals surface area contributed by atoms with E-state index < -0.39 is 9.84 Å². The molecule has 1 saturated heterocycles. The first-order chi connectivity index (χ1) is 8.12. The van der Waals surface area contributed by atoms with Crippen molar-refractivity contribution in [1.29, 1.82) is 0 Å². The lowest BCUT2D eigenvalue weighted by atomic mass is 9.90. The van der Waals surface area contributed by atoms with E-state index in [1.54, 1.807) is 4.68 Å². The standard InChI is InChI=1S/C12H21N3O2S/c1-8-10(12(2,3)4)14-15(11(8)13)9-5-6-18(16,17)7-9/h9H,5-7,13H2,1-4H3. The van der Waals surface area contributed by atoms with Gasteiger partial charge in [-0.05, 0) is 13.3 Å². The first-order valence-electron chi connectivity index (χ1n) is 6.17. The molecule has 1 aromatic rings. The van der Waals surface area contributed by atoms with Crippen LogP contribution in [0.15, 0.2) is 0 Å². The summed E-state index contributed by atoms with van der Waals surface area (Å²) in [5.74, 6) is 0.991. The molecule has 1 unspecified atom stereocenters. The van der Waals surface area contributed by atoms with Crippen LogP contribution in [0.2, 0.25) is 0 Å². The molecule has 0 saturated carbocycles. The molecule has 1 aromatic heterocycles. The number of anilines is 1. The molecular weight excluding hydrogens is 250 g/mol. The second-order valence-electron chi connectivity index (χ2n) is 6.11. The lowest BCUT2D eigenvalue weighted by Crippen LogP contribution is -2.17. The normalized spacial score (nSPS) is 23.4. The van der Waals surface area contributed by atoms with Gasteiger partial charge >= 0.3 is 0 Å². The summed E-state index contributed by atoms with van der Waals surface area (Å²) in [6.07, 6.45) is 0.608. The van der Waals surface area contributed by atoms with Crippen LogP contribution in [0.3, 0.4) is 0 Å². The second kappa shape index (κ2) is 3.98. The molecule has 0 amide bonds. The van der Waals surface area contributed by atoms with Gasteiger partial charge in [-0.15, -0.1) is 0 Å². The average molecular weight is 271 g/mol. The summed E-state index contributed by atoms with van der Waals surface area (Å²) >= 11 is 0. The summed E-state index contributed by atoms with van der Waals surface area (Å²) in [5, 5.41) is 4.56. The summed E-state index contributed by atoms with van der Waals surface area (Å²) in [6, 6.07) is -0.107. The molecule has 1 atom stereocenters. The smallest absolute Gasteiger partial charge is 0.152 e. The third-order valence-corrected chi connectivity index (χ3v) is 5.21. The number of aromatic nitrogens is 2. The van der Waals surface area contributed by atoms with Crippen molar-refractivity contribution in [2.75, 3.05) is 17.2 Å². The Bertz CT molecular complexity index is 567. The van der Waals surface area contributed by atoms with Crippen molar-refractivity contribution < 1.29 is 8.42 Å². The van der Waals surface area contributed by atoms with Gasteiger partial charge in [-0.25, -0.2) is 13.1 Å². The molecule has 0 bridgehead atoms. The van der Waals surface area contributed by atoms with Crippen LogP contribution >= 0.6 is 0 Å². The Balaban J connectivity index is 2.42. The Kier molecular flexibility index (Phi) is 2.96. The van der Waals surface area contributed by atoms with Crippen molar-refractivity contribution in [3.05, 3.63) is 11.3 Å². The summed E-state index contributed by atoms with van der Waals surface area (Å²) in [7, 11) is -2.92. The van der Waals surface area contributed by atoms with Crippen molar-refractivity contribution in [3.8, 4) is 0 Å². The van der Waals surface area contributed by atoms with E-state index in [0.717, 1.165) is 11.3 Å². The molecule has 0 spiro atoms. The summed E-state index contributed by atoms with van der Waals surface area (Å²) in [5.41, 5.74) is 7.90. The molecule has 1 aliphatic rings. The minimum atomic E-state index is -2.92. The predicted molar refractivity (Wildman–Crippen MR) is 72.4 cm³/mol. The number of nitrogen functional groups attached to an aromatic ring is 1. The topological polar surface area (TPSA) is 78.0 Å². The second-order valence-corrected chi connectivity index (χ2v) is 8.34. The van der Waals surface area contributed by atoms with E-state index in [-0.39, 0.29) is 23.0 Å². The third-order valence-electron chi connectivity index (χ3n) is 3.46.